The summed E-state index contributed by atoms with van der Waals surface area (Å²) < 4.78 is 5.17. The normalized spacial score (nSPS) is 31.1. The van der Waals surface area contributed by atoms with Gasteiger partial charge in [0.15, 0.2) is 0 Å². The van der Waals surface area contributed by atoms with E-state index in [0.29, 0.717) is 22.7 Å². The van der Waals surface area contributed by atoms with Gasteiger partial charge in [-0.1, -0.05) is 37.9 Å². The van der Waals surface area contributed by atoms with Crippen LogP contribution in [0.3, 0.4) is 0 Å². The molecule has 0 spiro atoms. The standard InChI is InChI=1S/C23H20Br2N2O4/c1-31-14-4-2-3-12(9-14)26-21(28)11-5-7-13(8-6-11)27-22(29)17-15-10-16(18(17)23(27)30)20(25)19(15)24/h2-9,15-20H,10H2,1H3,(H,26,28)/t15-,16-,17-,18-,19+,20+/m1/s1. The molecule has 1 heterocycles. The first-order chi connectivity index (χ1) is 14.9. The van der Waals surface area contributed by atoms with E-state index in [9.17, 15) is 14.4 Å². The fourth-order valence-electron chi connectivity index (χ4n) is 5.27. The van der Waals surface area contributed by atoms with Crippen molar-refractivity contribution in [1.29, 1.82) is 0 Å². The molecule has 0 unspecified atom stereocenters. The second-order valence-electron chi connectivity index (χ2n) is 8.25. The molecule has 2 bridgehead atoms. The van der Waals surface area contributed by atoms with Gasteiger partial charge >= 0.3 is 0 Å². The molecule has 3 aliphatic rings. The molecule has 2 aromatic carbocycles. The average Bonchev–Trinajstić information content (AvgIpc) is 3.39. The number of amides is 3. The Balaban J connectivity index is 1.34. The van der Waals surface area contributed by atoms with Crippen molar-refractivity contribution in [3.8, 4) is 5.75 Å². The van der Waals surface area contributed by atoms with Crippen LogP contribution in [0.5, 0.6) is 5.75 Å². The Kier molecular flexibility index (Phi) is 5.17. The number of carbonyl (C=O) groups is 3. The van der Waals surface area contributed by atoms with Crippen molar-refractivity contribution < 1.29 is 19.1 Å². The molecule has 3 amide bonds. The second-order valence-corrected chi connectivity index (χ2v) is 10.4. The van der Waals surface area contributed by atoms with E-state index >= 15 is 0 Å². The van der Waals surface area contributed by atoms with Gasteiger partial charge in [-0.05, 0) is 54.7 Å². The van der Waals surface area contributed by atoms with Gasteiger partial charge in [0.2, 0.25) is 11.8 Å². The molecular weight excluding hydrogens is 528 g/mol. The maximum Gasteiger partial charge on any atom is 0.255 e. The maximum absolute atomic E-state index is 13.1. The SMILES string of the molecule is COc1cccc(NC(=O)c2ccc(N3C(=O)[C@@H]4[C@H]5C[C@@H]([C@H](Br)[C@H]5Br)[C@H]4C3=O)cc2)c1. The number of halogens is 2. The molecule has 8 heteroatoms. The van der Waals surface area contributed by atoms with Crippen molar-refractivity contribution in [2.45, 2.75) is 16.1 Å². The van der Waals surface area contributed by atoms with Crippen LogP contribution in [0.1, 0.15) is 16.8 Å². The largest absolute Gasteiger partial charge is 0.497 e. The van der Waals surface area contributed by atoms with Crippen LogP contribution in [0.4, 0.5) is 11.4 Å². The summed E-state index contributed by atoms with van der Waals surface area (Å²) in [6.07, 6.45) is 0.899. The number of carbonyl (C=O) groups excluding carboxylic acids is 3. The monoisotopic (exact) mass is 546 g/mol. The number of hydrogen-bond donors (Lipinski definition) is 1. The number of nitrogens with one attached hydrogen (secondary N) is 1. The lowest BCUT2D eigenvalue weighted by atomic mass is 9.81. The van der Waals surface area contributed by atoms with E-state index in [2.05, 4.69) is 37.2 Å². The highest BCUT2D eigenvalue weighted by atomic mass is 79.9. The van der Waals surface area contributed by atoms with Crippen molar-refractivity contribution in [3.05, 3.63) is 54.1 Å². The number of rotatable bonds is 4. The van der Waals surface area contributed by atoms with Gasteiger partial charge in [0.1, 0.15) is 5.75 Å². The quantitative estimate of drug-likeness (QED) is 0.459. The first kappa shape index (κ1) is 20.7. The minimum absolute atomic E-state index is 0.125. The van der Waals surface area contributed by atoms with Crippen molar-refractivity contribution >= 4 is 61.0 Å². The topological polar surface area (TPSA) is 75.7 Å². The zero-order valence-electron chi connectivity index (χ0n) is 16.6. The zero-order valence-corrected chi connectivity index (χ0v) is 19.8. The summed E-state index contributed by atoms with van der Waals surface area (Å²) in [5.41, 5.74) is 1.57. The summed E-state index contributed by atoms with van der Waals surface area (Å²) in [6, 6.07) is 13.7. The molecule has 1 aliphatic heterocycles. The Morgan fingerprint density at radius 1 is 1.00 bits per heavy atom. The van der Waals surface area contributed by atoms with Crippen molar-refractivity contribution in [2.75, 3.05) is 17.3 Å². The molecule has 0 radical (unpaired) electrons. The third kappa shape index (κ3) is 3.22. The smallest absolute Gasteiger partial charge is 0.255 e. The molecule has 2 saturated carbocycles. The highest BCUT2D eigenvalue weighted by molar-refractivity contribution is 9.12. The van der Waals surface area contributed by atoms with Crippen LogP contribution in [-0.4, -0.2) is 34.5 Å². The fraction of sp³-hybridized carbons (Fsp3) is 0.348. The molecule has 6 nitrogen and oxygen atoms in total. The molecule has 3 fully saturated rings. The molecule has 5 rings (SSSR count). The van der Waals surface area contributed by atoms with E-state index in [0.717, 1.165) is 6.42 Å². The Labute approximate surface area is 196 Å². The van der Waals surface area contributed by atoms with E-state index in [-0.39, 0.29) is 51.0 Å². The first-order valence-corrected chi connectivity index (χ1v) is 11.9. The van der Waals surface area contributed by atoms with Gasteiger partial charge in [0.25, 0.3) is 5.91 Å². The van der Waals surface area contributed by atoms with Crippen LogP contribution in [0.25, 0.3) is 0 Å². The van der Waals surface area contributed by atoms with E-state index in [4.69, 9.17) is 4.74 Å². The van der Waals surface area contributed by atoms with E-state index in [1.807, 2.05) is 0 Å². The molecule has 0 aromatic heterocycles. The molecule has 31 heavy (non-hydrogen) atoms. The van der Waals surface area contributed by atoms with E-state index in [1.165, 1.54) is 4.90 Å². The van der Waals surface area contributed by atoms with Crippen LogP contribution in [0.15, 0.2) is 48.5 Å². The fourth-order valence-corrected chi connectivity index (χ4v) is 7.14. The molecule has 2 aliphatic carbocycles. The molecule has 6 atom stereocenters. The Morgan fingerprint density at radius 3 is 2.19 bits per heavy atom. The van der Waals surface area contributed by atoms with Crippen molar-refractivity contribution in [3.63, 3.8) is 0 Å². The highest BCUT2D eigenvalue weighted by Crippen LogP contribution is 2.60. The van der Waals surface area contributed by atoms with Crippen LogP contribution in [0.2, 0.25) is 0 Å². The van der Waals surface area contributed by atoms with Gasteiger partial charge in [0, 0.05) is 27.0 Å². The average molecular weight is 548 g/mol. The summed E-state index contributed by atoms with van der Waals surface area (Å²) >= 11 is 7.40. The van der Waals surface area contributed by atoms with E-state index < -0.39 is 0 Å². The van der Waals surface area contributed by atoms with Crippen LogP contribution in [0, 0.1) is 23.7 Å². The van der Waals surface area contributed by atoms with Gasteiger partial charge in [-0.2, -0.15) is 0 Å². The Morgan fingerprint density at radius 2 is 1.61 bits per heavy atom. The summed E-state index contributed by atoms with van der Waals surface area (Å²) in [5.74, 6) is -0.0472. The number of benzene rings is 2. The van der Waals surface area contributed by atoms with Crippen LogP contribution < -0.4 is 15.0 Å². The number of fused-ring (bicyclic) bond motifs is 5. The van der Waals surface area contributed by atoms with Crippen molar-refractivity contribution in [2.24, 2.45) is 23.7 Å². The van der Waals surface area contributed by atoms with Crippen LogP contribution in [-0.2, 0) is 9.59 Å². The number of ether oxygens (including phenoxy) is 1. The maximum atomic E-state index is 13.1. The molecule has 2 aromatic rings. The van der Waals surface area contributed by atoms with Gasteiger partial charge in [-0.3, -0.25) is 19.3 Å². The number of imide groups is 1. The Hall–Kier alpha value is -2.19. The molecule has 160 valence electrons. The minimum atomic E-state index is -0.280. The predicted octanol–water partition coefficient (Wildman–Crippen LogP) is 4.23. The first-order valence-electron chi connectivity index (χ1n) is 10.1. The lowest BCUT2D eigenvalue weighted by molar-refractivity contribution is -0.123. The second kappa shape index (κ2) is 7.74. The van der Waals surface area contributed by atoms with Gasteiger partial charge < -0.3 is 10.1 Å². The molecule has 1 N–H and O–H groups in total. The number of nitrogens with zero attached hydrogens (tertiary/aromatic N) is 1. The third-order valence-corrected chi connectivity index (χ3v) is 9.91. The lowest BCUT2D eigenvalue weighted by Crippen LogP contribution is -2.37. The summed E-state index contributed by atoms with van der Waals surface area (Å²) in [4.78, 5) is 40.6. The van der Waals surface area contributed by atoms with Crippen LogP contribution >= 0.6 is 31.9 Å². The summed E-state index contributed by atoms with van der Waals surface area (Å²) in [6.45, 7) is 0. The summed E-state index contributed by atoms with van der Waals surface area (Å²) in [5, 5.41) is 2.82. The predicted molar refractivity (Wildman–Crippen MR) is 124 cm³/mol. The van der Waals surface area contributed by atoms with Gasteiger partial charge in [0.05, 0.1) is 24.6 Å². The number of hydrogen-bond acceptors (Lipinski definition) is 4. The van der Waals surface area contributed by atoms with Gasteiger partial charge in [-0.25, -0.2) is 0 Å². The Bertz CT molecular complexity index is 1040. The molecule has 1 saturated heterocycles. The van der Waals surface area contributed by atoms with E-state index in [1.54, 1.807) is 55.6 Å². The number of anilines is 2. The summed E-state index contributed by atoms with van der Waals surface area (Å²) in [7, 11) is 1.57. The number of alkyl halides is 2. The number of methoxy groups -OCH3 is 1. The zero-order chi connectivity index (χ0) is 21.9. The minimum Gasteiger partial charge on any atom is -0.497 e. The van der Waals surface area contributed by atoms with Gasteiger partial charge in [-0.15, -0.1) is 0 Å². The molecular formula is C23H20Br2N2O4. The lowest BCUT2D eigenvalue weighted by Gasteiger charge is -2.28. The third-order valence-electron chi connectivity index (χ3n) is 6.70. The highest BCUT2D eigenvalue weighted by Gasteiger charge is 2.66. The van der Waals surface area contributed by atoms with Crippen molar-refractivity contribution in [1.82, 2.24) is 0 Å².